The van der Waals surface area contributed by atoms with Crippen LogP contribution in [0.15, 0.2) is 59.9 Å². The zero-order chi connectivity index (χ0) is 21.4. The summed E-state index contributed by atoms with van der Waals surface area (Å²) >= 11 is 0. The molecule has 1 aliphatic heterocycles. The van der Waals surface area contributed by atoms with Crippen molar-refractivity contribution >= 4 is 12.0 Å². The lowest BCUT2D eigenvalue weighted by molar-refractivity contribution is -0.121. The first-order valence-corrected chi connectivity index (χ1v) is 10.3. The highest BCUT2D eigenvalue weighted by molar-refractivity contribution is 5.84. The maximum Gasteiger partial charge on any atom is 0.238 e. The number of amides is 1. The molecule has 1 aliphatic carbocycles. The Morgan fingerprint density at radius 3 is 2.81 bits per heavy atom. The van der Waals surface area contributed by atoms with E-state index in [1.54, 1.807) is 18.3 Å². The number of fused-ring (bicyclic) bond motifs is 2. The van der Waals surface area contributed by atoms with E-state index in [9.17, 15) is 9.90 Å². The number of pyridine rings is 1. The minimum Gasteiger partial charge on any atom is -0.508 e. The summed E-state index contributed by atoms with van der Waals surface area (Å²) in [6.45, 7) is 3.52. The highest BCUT2D eigenvalue weighted by Gasteiger charge is 2.25. The van der Waals surface area contributed by atoms with Gasteiger partial charge >= 0.3 is 0 Å². The number of hydrogen-bond acceptors (Lipinski definition) is 5. The fourth-order valence-corrected chi connectivity index (χ4v) is 4.12. The number of aromatic amines is 1. The lowest BCUT2D eigenvalue weighted by Gasteiger charge is -2.19. The Bertz CT molecular complexity index is 1210. The van der Waals surface area contributed by atoms with Crippen molar-refractivity contribution in [3.8, 4) is 17.0 Å². The van der Waals surface area contributed by atoms with Gasteiger partial charge in [0.05, 0.1) is 12.2 Å². The van der Waals surface area contributed by atoms with Crippen molar-refractivity contribution in [1.29, 1.82) is 0 Å². The fraction of sp³-hybridized carbons (Fsp3) is 0.208. The third kappa shape index (κ3) is 4.00. The second kappa shape index (κ2) is 7.85. The van der Waals surface area contributed by atoms with Gasteiger partial charge in [0.15, 0.2) is 0 Å². The first kappa shape index (κ1) is 19.3. The van der Waals surface area contributed by atoms with Gasteiger partial charge in [-0.3, -0.25) is 19.8 Å². The molecule has 0 unspecified atom stereocenters. The van der Waals surface area contributed by atoms with Gasteiger partial charge in [-0.05, 0) is 48.4 Å². The van der Waals surface area contributed by atoms with E-state index < -0.39 is 0 Å². The number of rotatable bonds is 3. The Labute approximate surface area is 180 Å². The van der Waals surface area contributed by atoms with Gasteiger partial charge in [0.2, 0.25) is 5.91 Å². The van der Waals surface area contributed by atoms with E-state index in [-0.39, 0.29) is 11.7 Å². The van der Waals surface area contributed by atoms with Crippen molar-refractivity contribution < 1.29 is 9.90 Å². The van der Waals surface area contributed by atoms with Crippen molar-refractivity contribution in [2.45, 2.75) is 19.9 Å². The van der Waals surface area contributed by atoms with Crippen LogP contribution in [0.3, 0.4) is 0 Å². The molecule has 3 heterocycles. The van der Waals surface area contributed by atoms with Gasteiger partial charge in [-0.1, -0.05) is 18.2 Å². The molecule has 0 saturated carbocycles. The molecule has 2 aliphatic rings. The average molecular weight is 413 g/mol. The van der Waals surface area contributed by atoms with Gasteiger partial charge in [0, 0.05) is 53.9 Å². The number of carbonyl (C=O) groups excluding carboxylic acids is 1. The van der Waals surface area contributed by atoms with Gasteiger partial charge in [-0.15, -0.1) is 0 Å². The standard InChI is InChI=1S/C24H23N5O2/c1-15-10-17(8-9-25-15)24-20-11-18-13-29(12-16-2-4-19(30)5-3-16)14-23(31)26-21(18)6-7-22(20)27-28-24/h2-6,8-11,30H,7,12-14H2,1H3,(H,26,31)(H,27,28). The lowest BCUT2D eigenvalue weighted by Crippen LogP contribution is -2.32. The molecule has 7 heteroatoms. The number of nitrogens with zero attached hydrogens (tertiary/aromatic N) is 3. The van der Waals surface area contributed by atoms with Crippen LogP contribution in [0.1, 0.15) is 22.5 Å². The molecule has 0 radical (unpaired) electrons. The molecule has 1 saturated heterocycles. The minimum atomic E-state index is -0.0258. The maximum absolute atomic E-state index is 12.6. The van der Waals surface area contributed by atoms with Crippen molar-refractivity contribution in [3.63, 3.8) is 0 Å². The largest absolute Gasteiger partial charge is 0.508 e. The number of hydrogen-bond donors (Lipinski definition) is 3. The van der Waals surface area contributed by atoms with Crippen molar-refractivity contribution in [3.05, 3.63) is 82.5 Å². The Morgan fingerprint density at radius 2 is 2.00 bits per heavy atom. The topological polar surface area (TPSA) is 94.1 Å². The van der Waals surface area contributed by atoms with Gasteiger partial charge in [-0.25, -0.2) is 0 Å². The van der Waals surface area contributed by atoms with E-state index in [1.165, 1.54) is 0 Å². The van der Waals surface area contributed by atoms with E-state index in [0.717, 1.165) is 45.0 Å². The van der Waals surface area contributed by atoms with Gasteiger partial charge in [0.1, 0.15) is 5.75 Å². The van der Waals surface area contributed by atoms with E-state index in [4.69, 9.17) is 0 Å². The van der Waals surface area contributed by atoms with Crippen molar-refractivity contribution in [2.75, 3.05) is 13.1 Å². The number of carbonyl (C=O) groups is 1. The van der Waals surface area contributed by atoms with Crippen molar-refractivity contribution in [1.82, 2.24) is 25.4 Å². The number of aryl methyl sites for hydroxylation is 1. The lowest BCUT2D eigenvalue weighted by atomic mass is 10.0. The molecule has 1 amide bonds. The van der Waals surface area contributed by atoms with E-state index in [1.807, 2.05) is 31.2 Å². The predicted octanol–water partition coefficient (Wildman–Crippen LogP) is 2.94. The summed E-state index contributed by atoms with van der Waals surface area (Å²) in [6, 6.07) is 11.1. The van der Waals surface area contributed by atoms with E-state index >= 15 is 0 Å². The summed E-state index contributed by atoms with van der Waals surface area (Å²) < 4.78 is 0. The molecule has 1 aromatic carbocycles. The van der Waals surface area contributed by atoms with Crippen LogP contribution in [0.25, 0.3) is 17.3 Å². The molecule has 0 bridgehead atoms. The molecule has 31 heavy (non-hydrogen) atoms. The third-order valence-electron chi connectivity index (χ3n) is 5.61. The highest BCUT2D eigenvalue weighted by Crippen LogP contribution is 2.31. The monoisotopic (exact) mass is 413 g/mol. The van der Waals surface area contributed by atoms with Crippen LogP contribution in [0.2, 0.25) is 0 Å². The molecular weight excluding hydrogens is 390 g/mol. The summed E-state index contributed by atoms with van der Waals surface area (Å²) in [5.74, 6) is 0.211. The Balaban J connectivity index is 1.50. The van der Waals surface area contributed by atoms with Crippen LogP contribution in [-0.4, -0.2) is 44.2 Å². The Morgan fingerprint density at radius 1 is 1.16 bits per heavy atom. The van der Waals surface area contributed by atoms with Crippen molar-refractivity contribution in [2.24, 2.45) is 0 Å². The zero-order valence-electron chi connectivity index (χ0n) is 17.2. The maximum atomic E-state index is 12.6. The predicted molar refractivity (Wildman–Crippen MR) is 118 cm³/mol. The minimum absolute atomic E-state index is 0.0258. The van der Waals surface area contributed by atoms with Gasteiger partial charge < -0.3 is 10.4 Å². The van der Waals surface area contributed by atoms with Crippen LogP contribution < -0.4 is 5.32 Å². The second-order valence-corrected chi connectivity index (χ2v) is 8.00. The van der Waals surface area contributed by atoms with Crippen LogP contribution in [0.4, 0.5) is 0 Å². The van der Waals surface area contributed by atoms with Crippen LogP contribution in [-0.2, 0) is 17.8 Å². The van der Waals surface area contributed by atoms with Crippen LogP contribution >= 0.6 is 0 Å². The summed E-state index contributed by atoms with van der Waals surface area (Å²) in [4.78, 5) is 18.9. The number of phenols is 1. The molecule has 5 rings (SSSR count). The summed E-state index contributed by atoms with van der Waals surface area (Å²) in [5, 5.41) is 20.3. The third-order valence-corrected chi connectivity index (χ3v) is 5.61. The number of aromatic hydroxyl groups is 1. The molecular formula is C24H23N5O2. The van der Waals surface area contributed by atoms with Crippen LogP contribution in [0.5, 0.6) is 5.75 Å². The number of allylic oxidation sites excluding steroid dienone is 1. The molecule has 0 spiro atoms. The molecule has 1 fully saturated rings. The molecule has 7 nitrogen and oxygen atoms in total. The summed E-state index contributed by atoms with van der Waals surface area (Å²) in [7, 11) is 0. The van der Waals surface area contributed by atoms with Gasteiger partial charge in [0.25, 0.3) is 0 Å². The molecule has 2 aromatic heterocycles. The van der Waals surface area contributed by atoms with E-state index in [2.05, 4.69) is 37.6 Å². The summed E-state index contributed by atoms with van der Waals surface area (Å²) in [5.41, 5.74) is 7.88. The normalized spacial score (nSPS) is 16.4. The molecule has 3 N–H and O–H groups in total. The number of aromatic nitrogens is 3. The Kier molecular flexibility index (Phi) is 4.88. The number of benzene rings is 1. The number of phenolic OH excluding ortho intramolecular Hbond substituents is 1. The molecule has 0 atom stereocenters. The number of nitrogens with one attached hydrogen (secondary N) is 2. The molecule has 3 aromatic rings. The van der Waals surface area contributed by atoms with Crippen LogP contribution in [0, 0.1) is 6.92 Å². The second-order valence-electron chi connectivity index (χ2n) is 8.00. The highest BCUT2D eigenvalue weighted by atomic mass is 16.3. The quantitative estimate of drug-likeness (QED) is 0.614. The Hall–Kier alpha value is -3.71. The fourth-order valence-electron chi connectivity index (χ4n) is 4.12. The SMILES string of the molecule is Cc1cc(-c2n[nH]c3c2C=C2CN(Cc4ccc(O)cc4)CC(=O)NC2=CC3)ccn1. The zero-order valence-corrected chi connectivity index (χ0v) is 17.2. The van der Waals surface area contributed by atoms with E-state index in [0.29, 0.717) is 26.1 Å². The summed E-state index contributed by atoms with van der Waals surface area (Å²) in [6.07, 6.45) is 6.65. The van der Waals surface area contributed by atoms with Gasteiger partial charge in [-0.2, -0.15) is 5.10 Å². The first-order valence-electron chi connectivity index (χ1n) is 10.3. The molecule has 156 valence electrons. The smallest absolute Gasteiger partial charge is 0.238 e. The first-order chi connectivity index (χ1) is 15.0. The number of H-pyrrole nitrogens is 1. The average Bonchev–Trinajstić information content (AvgIpc) is 2.98.